The smallest absolute Gasteiger partial charge is 0.120 e. The molecule has 1 aromatic rings. The maximum atomic E-state index is 9.60. The van der Waals surface area contributed by atoms with Crippen molar-refractivity contribution in [3.63, 3.8) is 0 Å². The molecule has 1 rings (SSSR count). The van der Waals surface area contributed by atoms with Crippen molar-refractivity contribution in [2.24, 2.45) is 0 Å². The Morgan fingerprint density at radius 2 is 1.79 bits per heavy atom. The molecule has 0 aliphatic heterocycles. The van der Waals surface area contributed by atoms with E-state index in [4.69, 9.17) is 0 Å². The molecular formula is C12H19NO. The molecule has 2 heteroatoms. The fourth-order valence-corrected chi connectivity index (χ4v) is 1.14. The number of hydrogen-bond donors (Lipinski definition) is 1. The normalized spacial score (nSPS) is 12.1. The molecule has 0 aromatic heterocycles. The van der Waals surface area contributed by atoms with Gasteiger partial charge in [0.1, 0.15) is 5.75 Å². The minimum Gasteiger partial charge on any atom is -0.508 e. The summed E-state index contributed by atoms with van der Waals surface area (Å²) >= 11 is 0. The lowest BCUT2D eigenvalue weighted by Gasteiger charge is -2.32. The van der Waals surface area contributed by atoms with E-state index < -0.39 is 0 Å². The van der Waals surface area contributed by atoms with Crippen LogP contribution in [0.2, 0.25) is 0 Å². The van der Waals surface area contributed by atoms with Crippen LogP contribution in [0.4, 0.5) is 0 Å². The molecule has 0 heterocycles. The first-order valence-electron chi connectivity index (χ1n) is 4.89. The number of para-hydroxylation sites is 1. The highest BCUT2D eigenvalue weighted by atomic mass is 16.3. The van der Waals surface area contributed by atoms with Crippen LogP contribution in [0.3, 0.4) is 0 Å². The maximum Gasteiger partial charge on any atom is 0.120 e. The van der Waals surface area contributed by atoms with Crippen molar-refractivity contribution >= 4 is 0 Å². The van der Waals surface area contributed by atoms with E-state index in [0.717, 1.165) is 12.1 Å². The predicted octanol–water partition coefficient (Wildman–Crippen LogP) is 2.62. The first-order chi connectivity index (χ1) is 6.41. The standard InChI is InChI=1S/C12H19NO/c1-12(2,3)13(4)9-10-7-5-6-8-11(10)14/h5-8,14H,9H2,1-4H3. The Morgan fingerprint density at radius 1 is 1.21 bits per heavy atom. The minimum atomic E-state index is 0.127. The lowest BCUT2D eigenvalue weighted by molar-refractivity contribution is 0.166. The van der Waals surface area contributed by atoms with E-state index in [9.17, 15) is 5.11 Å². The molecule has 0 saturated carbocycles. The molecule has 1 aromatic carbocycles. The van der Waals surface area contributed by atoms with E-state index in [-0.39, 0.29) is 5.54 Å². The number of phenolic OH excluding ortho intramolecular Hbond substituents is 1. The molecule has 2 nitrogen and oxygen atoms in total. The molecule has 0 amide bonds. The lowest BCUT2D eigenvalue weighted by atomic mass is 10.1. The fourth-order valence-electron chi connectivity index (χ4n) is 1.14. The molecule has 0 unspecified atom stereocenters. The first kappa shape index (κ1) is 11.1. The van der Waals surface area contributed by atoms with Gasteiger partial charge in [0, 0.05) is 17.6 Å². The zero-order valence-corrected chi connectivity index (χ0v) is 9.41. The topological polar surface area (TPSA) is 23.5 Å². The van der Waals surface area contributed by atoms with Gasteiger partial charge in [0.15, 0.2) is 0 Å². The number of benzene rings is 1. The number of nitrogens with zero attached hydrogens (tertiary/aromatic N) is 1. The molecule has 0 aliphatic carbocycles. The average molecular weight is 193 g/mol. The molecule has 0 spiro atoms. The van der Waals surface area contributed by atoms with Crippen LogP contribution in [0.25, 0.3) is 0 Å². The highest BCUT2D eigenvalue weighted by Crippen LogP contribution is 2.20. The van der Waals surface area contributed by atoms with Crippen molar-refractivity contribution in [3.8, 4) is 5.75 Å². The van der Waals surface area contributed by atoms with E-state index in [1.54, 1.807) is 6.07 Å². The van der Waals surface area contributed by atoms with Crippen molar-refractivity contribution in [1.82, 2.24) is 4.90 Å². The van der Waals surface area contributed by atoms with Crippen molar-refractivity contribution in [2.45, 2.75) is 32.9 Å². The Bertz CT molecular complexity index is 301. The number of hydrogen-bond acceptors (Lipinski definition) is 2. The van der Waals surface area contributed by atoms with E-state index in [2.05, 4.69) is 32.7 Å². The second-order valence-electron chi connectivity index (χ2n) is 4.66. The Labute approximate surface area is 86.2 Å². The van der Waals surface area contributed by atoms with Crippen molar-refractivity contribution < 1.29 is 5.11 Å². The number of aromatic hydroxyl groups is 1. The summed E-state index contributed by atoms with van der Waals surface area (Å²) in [7, 11) is 2.06. The van der Waals surface area contributed by atoms with E-state index in [0.29, 0.717) is 5.75 Å². The average Bonchev–Trinajstić information content (AvgIpc) is 2.07. The Kier molecular flexibility index (Phi) is 3.17. The zero-order valence-electron chi connectivity index (χ0n) is 9.41. The van der Waals surface area contributed by atoms with E-state index in [1.165, 1.54) is 0 Å². The monoisotopic (exact) mass is 193 g/mol. The highest BCUT2D eigenvalue weighted by molar-refractivity contribution is 5.31. The number of phenols is 1. The van der Waals surface area contributed by atoms with Gasteiger partial charge in [0.25, 0.3) is 0 Å². The maximum absolute atomic E-state index is 9.60. The van der Waals surface area contributed by atoms with Gasteiger partial charge >= 0.3 is 0 Å². The highest BCUT2D eigenvalue weighted by Gasteiger charge is 2.17. The van der Waals surface area contributed by atoms with Crippen molar-refractivity contribution in [3.05, 3.63) is 29.8 Å². The Hall–Kier alpha value is -1.02. The molecule has 0 bridgehead atoms. The molecule has 78 valence electrons. The molecule has 0 saturated heterocycles. The third-order valence-corrected chi connectivity index (χ3v) is 2.54. The van der Waals surface area contributed by atoms with Crippen LogP contribution in [0.1, 0.15) is 26.3 Å². The van der Waals surface area contributed by atoms with Crippen LogP contribution >= 0.6 is 0 Å². The summed E-state index contributed by atoms with van der Waals surface area (Å²) in [4.78, 5) is 2.21. The van der Waals surface area contributed by atoms with Gasteiger partial charge in [-0.1, -0.05) is 18.2 Å². The van der Waals surface area contributed by atoms with E-state index >= 15 is 0 Å². The molecule has 0 atom stereocenters. The van der Waals surface area contributed by atoms with Crippen LogP contribution in [-0.2, 0) is 6.54 Å². The summed E-state index contributed by atoms with van der Waals surface area (Å²) < 4.78 is 0. The van der Waals surface area contributed by atoms with Crippen LogP contribution in [0, 0.1) is 0 Å². The lowest BCUT2D eigenvalue weighted by Crippen LogP contribution is -2.37. The minimum absolute atomic E-state index is 0.127. The van der Waals surface area contributed by atoms with Gasteiger partial charge < -0.3 is 5.11 Å². The van der Waals surface area contributed by atoms with Gasteiger partial charge in [-0.2, -0.15) is 0 Å². The second kappa shape index (κ2) is 4.01. The third kappa shape index (κ3) is 2.74. The molecule has 0 aliphatic rings. The Balaban J connectivity index is 2.75. The fraction of sp³-hybridized carbons (Fsp3) is 0.500. The summed E-state index contributed by atoms with van der Waals surface area (Å²) in [6, 6.07) is 7.48. The van der Waals surface area contributed by atoms with Crippen molar-refractivity contribution in [1.29, 1.82) is 0 Å². The van der Waals surface area contributed by atoms with Gasteiger partial charge in [-0.05, 0) is 33.9 Å². The zero-order chi connectivity index (χ0) is 10.8. The van der Waals surface area contributed by atoms with Crippen molar-refractivity contribution in [2.75, 3.05) is 7.05 Å². The summed E-state index contributed by atoms with van der Waals surface area (Å²) in [5, 5.41) is 9.60. The number of rotatable bonds is 2. The Morgan fingerprint density at radius 3 is 2.29 bits per heavy atom. The molecule has 0 radical (unpaired) electrons. The second-order valence-corrected chi connectivity index (χ2v) is 4.66. The van der Waals surface area contributed by atoms with Crippen LogP contribution < -0.4 is 0 Å². The van der Waals surface area contributed by atoms with Gasteiger partial charge in [-0.25, -0.2) is 0 Å². The van der Waals surface area contributed by atoms with Crippen LogP contribution in [0.15, 0.2) is 24.3 Å². The summed E-state index contributed by atoms with van der Waals surface area (Å²) in [5.41, 5.74) is 1.10. The van der Waals surface area contributed by atoms with Crippen LogP contribution in [-0.4, -0.2) is 22.6 Å². The van der Waals surface area contributed by atoms with Gasteiger partial charge in [-0.3, -0.25) is 4.90 Å². The third-order valence-electron chi connectivity index (χ3n) is 2.54. The van der Waals surface area contributed by atoms with E-state index in [1.807, 2.05) is 18.2 Å². The van der Waals surface area contributed by atoms with Gasteiger partial charge in [0.2, 0.25) is 0 Å². The molecular weight excluding hydrogens is 174 g/mol. The summed E-state index contributed by atoms with van der Waals surface area (Å²) in [5.74, 6) is 0.378. The SMILES string of the molecule is CN(Cc1ccccc1O)C(C)(C)C. The largest absolute Gasteiger partial charge is 0.508 e. The summed E-state index contributed by atoms with van der Waals surface area (Å²) in [6.07, 6.45) is 0. The summed E-state index contributed by atoms with van der Waals surface area (Å²) in [6.45, 7) is 7.25. The van der Waals surface area contributed by atoms with Gasteiger partial charge in [-0.15, -0.1) is 0 Å². The first-order valence-corrected chi connectivity index (χ1v) is 4.89. The predicted molar refractivity (Wildman–Crippen MR) is 59.3 cm³/mol. The molecule has 1 N–H and O–H groups in total. The van der Waals surface area contributed by atoms with Crippen LogP contribution in [0.5, 0.6) is 5.75 Å². The quantitative estimate of drug-likeness (QED) is 0.780. The molecule has 0 fully saturated rings. The van der Waals surface area contributed by atoms with Gasteiger partial charge in [0.05, 0.1) is 0 Å². The molecule has 14 heavy (non-hydrogen) atoms.